The van der Waals surface area contributed by atoms with Gasteiger partial charge in [-0.1, -0.05) is 45.7 Å². The van der Waals surface area contributed by atoms with Gasteiger partial charge in [-0.3, -0.25) is 14.5 Å². The Morgan fingerprint density at radius 2 is 1.82 bits per heavy atom. The van der Waals surface area contributed by atoms with Gasteiger partial charge in [0.25, 0.3) is 5.91 Å². The average molecular weight is 465 g/mol. The molecule has 3 rings (SSSR count). The van der Waals surface area contributed by atoms with E-state index >= 15 is 0 Å². The first-order valence-electron chi connectivity index (χ1n) is 9.33. The standard InChI is InChI=1S/C21H23BrClN3O2/c22-17-7-3-6-16(11-17)21(28)25-14-20(27)24-13-19(26-9-1-2-10-26)15-5-4-8-18(23)12-15/h3-8,11-12,19H,1-2,9-10,13-14H2,(H,24,27)(H,25,28). The molecule has 1 aliphatic heterocycles. The fraction of sp³-hybridized carbons (Fsp3) is 0.333. The van der Waals surface area contributed by atoms with Gasteiger partial charge in [-0.15, -0.1) is 0 Å². The Hall–Kier alpha value is -1.89. The van der Waals surface area contributed by atoms with Crippen LogP contribution >= 0.6 is 27.5 Å². The third kappa shape index (κ3) is 5.80. The molecule has 2 amide bonds. The Bertz CT molecular complexity index is 840. The molecule has 28 heavy (non-hydrogen) atoms. The molecule has 0 aromatic heterocycles. The van der Waals surface area contributed by atoms with Crippen LogP contribution in [0, 0.1) is 0 Å². The second-order valence-corrected chi connectivity index (χ2v) is 8.16. The van der Waals surface area contributed by atoms with Crippen molar-refractivity contribution in [1.29, 1.82) is 0 Å². The van der Waals surface area contributed by atoms with Gasteiger partial charge in [0, 0.05) is 21.6 Å². The Labute approximate surface area is 178 Å². The highest BCUT2D eigenvalue weighted by atomic mass is 79.9. The molecule has 0 aliphatic carbocycles. The van der Waals surface area contributed by atoms with Gasteiger partial charge in [0.1, 0.15) is 0 Å². The van der Waals surface area contributed by atoms with Crippen LogP contribution in [0.5, 0.6) is 0 Å². The topological polar surface area (TPSA) is 61.4 Å². The molecule has 1 unspecified atom stereocenters. The lowest BCUT2D eigenvalue weighted by Crippen LogP contribution is -2.41. The minimum Gasteiger partial charge on any atom is -0.353 e. The lowest BCUT2D eigenvalue weighted by molar-refractivity contribution is -0.120. The summed E-state index contributed by atoms with van der Waals surface area (Å²) in [6.45, 7) is 2.43. The Morgan fingerprint density at radius 1 is 1.07 bits per heavy atom. The normalized spacial score (nSPS) is 15.2. The highest BCUT2D eigenvalue weighted by Crippen LogP contribution is 2.26. The van der Waals surface area contributed by atoms with E-state index in [4.69, 9.17) is 11.6 Å². The highest BCUT2D eigenvalue weighted by molar-refractivity contribution is 9.10. The molecule has 0 radical (unpaired) electrons. The van der Waals surface area contributed by atoms with E-state index in [0.717, 1.165) is 36.0 Å². The molecule has 0 spiro atoms. The van der Waals surface area contributed by atoms with Crippen molar-refractivity contribution in [2.75, 3.05) is 26.2 Å². The maximum absolute atomic E-state index is 12.3. The average Bonchev–Trinajstić information content (AvgIpc) is 3.21. The summed E-state index contributed by atoms with van der Waals surface area (Å²) in [6.07, 6.45) is 2.32. The molecule has 1 aliphatic rings. The summed E-state index contributed by atoms with van der Waals surface area (Å²) in [5, 5.41) is 6.30. The molecule has 2 aromatic rings. The van der Waals surface area contributed by atoms with Crippen LogP contribution in [0.3, 0.4) is 0 Å². The van der Waals surface area contributed by atoms with E-state index in [1.807, 2.05) is 30.3 Å². The van der Waals surface area contributed by atoms with E-state index in [9.17, 15) is 9.59 Å². The number of nitrogens with one attached hydrogen (secondary N) is 2. The maximum atomic E-state index is 12.3. The molecule has 5 nitrogen and oxygen atoms in total. The van der Waals surface area contributed by atoms with Gasteiger partial charge in [0.2, 0.25) is 5.91 Å². The number of benzene rings is 2. The van der Waals surface area contributed by atoms with E-state index in [1.54, 1.807) is 18.2 Å². The molecule has 1 heterocycles. The van der Waals surface area contributed by atoms with Crippen LogP contribution in [0.2, 0.25) is 5.02 Å². The number of carbonyl (C=O) groups excluding carboxylic acids is 2. The fourth-order valence-electron chi connectivity index (χ4n) is 3.39. The lowest BCUT2D eigenvalue weighted by Gasteiger charge is -2.28. The Balaban J connectivity index is 1.55. The third-order valence-electron chi connectivity index (χ3n) is 4.80. The summed E-state index contributed by atoms with van der Waals surface area (Å²) >= 11 is 9.49. The van der Waals surface area contributed by atoms with Crippen molar-refractivity contribution in [3.05, 3.63) is 69.2 Å². The van der Waals surface area contributed by atoms with Gasteiger partial charge in [0.15, 0.2) is 0 Å². The van der Waals surface area contributed by atoms with Crippen LogP contribution in [0.25, 0.3) is 0 Å². The van der Waals surface area contributed by atoms with Crippen LogP contribution in [-0.2, 0) is 4.79 Å². The van der Waals surface area contributed by atoms with Crippen molar-refractivity contribution in [1.82, 2.24) is 15.5 Å². The number of amides is 2. The van der Waals surface area contributed by atoms with Crippen LogP contribution in [0.15, 0.2) is 53.0 Å². The van der Waals surface area contributed by atoms with Gasteiger partial charge in [-0.05, 0) is 61.8 Å². The first-order valence-corrected chi connectivity index (χ1v) is 10.5. The third-order valence-corrected chi connectivity index (χ3v) is 5.53. The number of hydrogen-bond donors (Lipinski definition) is 2. The van der Waals surface area contributed by atoms with Gasteiger partial charge in [0.05, 0.1) is 12.6 Å². The van der Waals surface area contributed by atoms with Crippen molar-refractivity contribution in [3.8, 4) is 0 Å². The van der Waals surface area contributed by atoms with Crippen molar-refractivity contribution in [2.45, 2.75) is 18.9 Å². The zero-order chi connectivity index (χ0) is 19.9. The number of halogens is 2. The van der Waals surface area contributed by atoms with Crippen molar-refractivity contribution < 1.29 is 9.59 Å². The first kappa shape index (κ1) is 20.8. The van der Waals surface area contributed by atoms with E-state index in [2.05, 4.69) is 31.5 Å². The summed E-state index contributed by atoms with van der Waals surface area (Å²) in [6, 6.07) is 14.9. The van der Waals surface area contributed by atoms with Gasteiger partial charge in [-0.2, -0.15) is 0 Å². The molecule has 148 valence electrons. The van der Waals surface area contributed by atoms with E-state index in [1.165, 1.54) is 0 Å². The first-order chi connectivity index (χ1) is 13.5. The SMILES string of the molecule is O=C(CNC(=O)c1cccc(Br)c1)NCC(c1cccc(Cl)c1)N1CCCC1. The molecule has 0 saturated carbocycles. The van der Waals surface area contributed by atoms with Crippen LogP contribution in [0.4, 0.5) is 0 Å². The molecular weight excluding hydrogens is 442 g/mol. The number of carbonyl (C=O) groups is 2. The van der Waals surface area contributed by atoms with Gasteiger partial charge >= 0.3 is 0 Å². The summed E-state index contributed by atoms with van der Waals surface area (Å²) in [5.74, 6) is -0.489. The smallest absolute Gasteiger partial charge is 0.251 e. The summed E-state index contributed by atoms with van der Waals surface area (Å²) in [4.78, 5) is 26.8. The summed E-state index contributed by atoms with van der Waals surface area (Å²) in [7, 11) is 0. The molecule has 1 fully saturated rings. The van der Waals surface area contributed by atoms with Crippen LogP contribution in [0.1, 0.15) is 34.8 Å². The van der Waals surface area contributed by atoms with Gasteiger partial charge < -0.3 is 10.6 Å². The van der Waals surface area contributed by atoms with Crippen LogP contribution < -0.4 is 10.6 Å². The fourth-order valence-corrected chi connectivity index (χ4v) is 3.99. The van der Waals surface area contributed by atoms with Gasteiger partial charge in [-0.25, -0.2) is 0 Å². The quantitative estimate of drug-likeness (QED) is 0.655. The lowest BCUT2D eigenvalue weighted by atomic mass is 10.1. The van der Waals surface area contributed by atoms with E-state index in [-0.39, 0.29) is 24.4 Å². The number of rotatable bonds is 7. The van der Waals surface area contributed by atoms with Crippen molar-refractivity contribution >= 4 is 39.3 Å². The predicted molar refractivity (Wildman–Crippen MR) is 114 cm³/mol. The molecule has 2 aromatic carbocycles. The zero-order valence-corrected chi connectivity index (χ0v) is 17.8. The molecule has 2 N–H and O–H groups in total. The summed E-state index contributed by atoms with van der Waals surface area (Å²) < 4.78 is 0.819. The van der Waals surface area contributed by atoms with Crippen molar-refractivity contribution in [2.24, 2.45) is 0 Å². The molecule has 7 heteroatoms. The largest absolute Gasteiger partial charge is 0.353 e. The number of nitrogens with zero attached hydrogens (tertiary/aromatic N) is 1. The second kappa shape index (κ2) is 10.0. The maximum Gasteiger partial charge on any atom is 0.251 e. The summed E-state index contributed by atoms with van der Waals surface area (Å²) in [5.41, 5.74) is 1.60. The minimum atomic E-state index is -0.276. The van der Waals surface area contributed by atoms with E-state index < -0.39 is 0 Å². The number of likely N-dealkylation sites (tertiary alicyclic amines) is 1. The Morgan fingerprint density at radius 3 is 2.54 bits per heavy atom. The molecule has 1 saturated heterocycles. The number of hydrogen-bond acceptors (Lipinski definition) is 3. The molecule has 0 bridgehead atoms. The molecule has 1 atom stereocenters. The Kier molecular flexibility index (Phi) is 7.48. The van der Waals surface area contributed by atoms with Crippen molar-refractivity contribution in [3.63, 3.8) is 0 Å². The molecular formula is C21H23BrClN3O2. The second-order valence-electron chi connectivity index (χ2n) is 6.81. The minimum absolute atomic E-state index is 0.0619. The zero-order valence-electron chi connectivity index (χ0n) is 15.5. The highest BCUT2D eigenvalue weighted by Gasteiger charge is 2.24. The van der Waals surface area contributed by atoms with Crippen LogP contribution in [-0.4, -0.2) is 42.9 Å². The van der Waals surface area contributed by atoms with E-state index in [0.29, 0.717) is 17.1 Å². The predicted octanol–water partition coefficient (Wildman–Crippen LogP) is 3.79. The monoisotopic (exact) mass is 463 g/mol.